The van der Waals surface area contributed by atoms with Gasteiger partial charge in [-0.05, 0) is 61.1 Å². The number of aromatic nitrogens is 1. The number of carbonyl (C=O) groups is 1. The number of nitriles is 1. The van der Waals surface area contributed by atoms with Crippen LogP contribution in [0.1, 0.15) is 54.5 Å². The summed E-state index contributed by atoms with van der Waals surface area (Å²) in [6.07, 6.45) is 5.87. The Balaban J connectivity index is 1.50. The van der Waals surface area contributed by atoms with Crippen molar-refractivity contribution in [2.45, 2.75) is 51.6 Å². The van der Waals surface area contributed by atoms with Crippen molar-refractivity contribution in [3.05, 3.63) is 52.7 Å². The van der Waals surface area contributed by atoms with Gasteiger partial charge in [-0.2, -0.15) is 10.4 Å². The first-order chi connectivity index (χ1) is 14.6. The number of hydrogen-bond acceptors (Lipinski definition) is 5. The molecule has 1 saturated carbocycles. The molecular formula is C23H24N6O. The molecule has 1 aromatic carbocycles. The van der Waals surface area contributed by atoms with Crippen LogP contribution in [0.25, 0.3) is 0 Å². The van der Waals surface area contributed by atoms with E-state index in [1.54, 1.807) is 0 Å². The fraction of sp³-hybridized carbons (Fsp3) is 0.391. The number of fused-ring (bicyclic) bond motifs is 1. The van der Waals surface area contributed by atoms with Gasteiger partial charge in [-0.3, -0.25) is 0 Å². The summed E-state index contributed by atoms with van der Waals surface area (Å²) in [7, 11) is 0. The van der Waals surface area contributed by atoms with Crippen LogP contribution in [-0.2, 0) is 6.54 Å². The van der Waals surface area contributed by atoms with Gasteiger partial charge in [0.15, 0.2) is 0 Å². The Morgan fingerprint density at radius 2 is 2.03 bits per heavy atom. The van der Waals surface area contributed by atoms with Crippen molar-refractivity contribution in [1.82, 2.24) is 10.3 Å². The minimum atomic E-state index is -0.164. The Morgan fingerprint density at radius 1 is 1.20 bits per heavy atom. The quantitative estimate of drug-likeness (QED) is 0.812. The first-order valence-electron chi connectivity index (χ1n) is 10.5. The number of hydrogen-bond donors (Lipinski definition) is 2. The standard InChI is InChI=1S/C23H24N6O/c1-14-17(12-24)7-9-22(26-14)29-21(15-4-2-3-5-15)11-20(28-29)16-6-8-19-18(10-16)13-25-23(30)27-19/h6-10,15,21H,2-5,11,13H2,1H3,(H2,25,27,30)/t21-/m1/s1. The van der Waals surface area contributed by atoms with Gasteiger partial charge in [0, 0.05) is 18.7 Å². The lowest BCUT2D eigenvalue weighted by Gasteiger charge is -2.27. The Hall–Kier alpha value is -3.40. The van der Waals surface area contributed by atoms with Crippen LogP contribution in [0, 0.1) is 24.2 Å². The SMILES string of the molecule is Cc1nc(N2N=C(c3ccc4c(c3)CNC(=O)N4)C[C@@H]2C2CCCC2)ccc1C#N. The van der Waals surface area contributed by atoms with Crippen LogP contribution in [-0.4, -0.2) is 22.8 Å². The van der Waals surface area contributed by atoms with Gasteiger partial charge >= 0.3 is 6.03 Å². The smallest absolute Gasteiger partial charge is 0.319 e. The second-order valence-corrected chi connectivity index (χ2v) is 8.30. The van der Waals surface area contributed by atoms with E-state index in [1.807, 2.05) is 31.2 Å². The number of anilines is 2. The number of urea groups is 1. The summed E-state index contributed by atoms with van der Waals surface area (Å²) in [5.74, 6) is 1.41. The van der Waals surface area contributed by atoms with Gasteiger partial charge in [0.2, 0.25) is 0 Å². The number of rotatable bonds is 3. The summed E-state index contributed by atoms with van der Waals surface area (Å²) in [5, 5.41) is 22.0. The van der Waals surface area contributed by atoms with Crippen molar-refractivity contribution >= 4 is 23.2 Å². The van der Waals surface area contributed by atoms with Crippen LogP contribution in [0.3, 0.4) is 0 Å². The molecule has 3 aliphatic rings. The van der Waals surface area contributed by atoms with E-state index in [4.69, 9.17) is 10.1 Å². The van der Waals surface area contributed by atoms with Crippen molar-refractivity contribution in [2.75, 3.05) is 10.3 Å². The molecular weight excluding hydrogens is 376 g/mol. The molecule has 30 heavy (non-hydrogen) atoms. The van der Waals surface area contributed by atoms with Crippen molar-refractivity contribution in [3.63, 3.8) is 0 Å². The van der Waals surface area contributed by atoms with Gasteiger partial charge in [0.1, 0.15) is 11.9 Å². The molecule has 3 heterocycles. The average Bonchev–Trinajstić information content (AvgIpc) is 3.43. The lowest BCUT2D eigenvalue weighted by atomic mass is 9.91. The number of nitrogens with one attached hydrogen (secondary N) is 2. The van der Waals surface area contributed by atoms with E-state index in [2.05, 4.69) is 27.8 Å². The summed E-state index contributed by atoms with van der Waals surface area (Å²) >= 11 is 0. The van der Waals surface area contributed by atoms with E-state index < -0.39 is 0 Å². The van der Waals surface area contributed by atoms with E-state index in [9.17, 15) is 10.1 Å². The predicted octanol–water partition coefficient (Wildman–Crippen LogP) is 4.07. The normalized spacial score (nSPS) is 20.9. The maximum Gasteiger partial charge on any atom is 0.319 e. The third-order valence-corrected chi connectivity index (χ3v) is 6.44. The maximum atomic E-state index is 11.6. The molecule has 7 nitrogen and oxygen atoms in total. The van der Waals surface area contributed by atoms with Crippen molar-refractivity contribution in [1.29, 1.82) is 5.26 Å². The van der Waals surface area contributed by atoms with Crippen LogP contribution in [0.15, 0.2) is 35.4 Å². The lowest BCUT2D eigenvalue weighted by molar-refractivity contribution is 0.251. The van der Waals surface area contributed by atoms with E-state index in [1.165, 1.54) is 25.7 Å². The minimum Gasteiger partial charge on any atom is -0.334 e. The summed E-state index contributed by atoms with van der Waals surface area (Å²) in [5.41, 5.74) is 5.40. The van der Waals surface area contributed by atoms with Crippen molar-refractivity contribution in [2.24, 2.45) is 11.0 Å². The minimum absolute atomic E-state index is 0.164. The second kappa shape index (κ2) is 7.45. The molecule has 152 valence electrons. The maximum absolute atomic E-state index is 11.6. The molecule has 1 aromatic heterocycles. The van der Waals surface area contributed by atoms with Gasteiger partial charge in [-0.1, -0.05) is 18.9 Å². The number of pyridine rings is 1. The Kier molecular flexibility index (Phi) is 4.62. The number of nitrogens with zero attached hydrogens (tertiary/aromatic N) is 4. The van der Waals surface area contributed by atoms with Gasteiger partial charge in [-0.15, -0.1) is 0 Å². The topological polar surface area (TPSA) is 93.4 Å². The highest BCUT2D eigenvalue weighted by molar-refractivity contribution is 6.04. The number of carbonyl (C=O) groups excluding carboxylic acids is 1. The zero-order valence-electron chi connectivity index (χ0n) is 17.0. The zero-order valence-corrected chi connectivity index (χ0v) is 17.0. The monoisotopic (exact) mass is 400 g/mol. The first-order valence-corrected chi connectivity index (χ1v) is 10.5. The molecule has 5 rings (SSSR count). The van der Waals surface area contributed by atoms with Crippen LogP contribution in [0.2, 0.25) is 0 Å². The fourth-order valence-corrected chi connectivity index (χ4v) is 4.81. The predicted molar refractivity (Wildman–Crippen MR) is 115 cm³/mol. The van der Waals surface area contributed by atoms with E-state index in [-0.39, 0.29) is 12.1 Å². The molecule has 0 saturated heterocycles. The molecule has 0 bridgehead atoms. The highest BCUT2D eigenvalue weighted by atomic mass is 16.2. The average molecular weight is 400 g/mol. The summed E-state index contributed by atoms with van der Waals surface area (Å²) in [6, 6.07) is 12.2. The van der Waals surface area contributed by atoms with Crippen molar-refractivity contribution < 1.29 is 4.79 Å². The molecule has 2 aromatic rings. The zero-order chi connectivity index (χ0) is 20.7. The second-order valence-electron chi connectivity index (χ2n) is 8.30. The Labute approximate surface area is 175 Å². The molecule has 1 fully saturated rings. The Morgan fingerprint density at radius 3 is 2.80 bits per heavy atom. The molecule has 7 heteroatoms. The number of hydrazone groups is 1. The van der Waals surface area contributed by atoms with Crippen LogP contribution < -0.4 is 15.6 Å². The number of benzene rings is 1. The molecule has 0 spiro atoms. The van der Waals surface area contributed by atoms with Gasteiger partial charge in [0.05, 0.1) is 23.0 Å². The van der Waals surface area contributed by atoms with E-state index >= 15 is 0 Å². The number of aryl methyl sites for hydroxylation is 1. The summed E-state index contributed by atoms with van der Waals surface area (Å²) < 4.78 is 0. The summed E-state index contributed by atoms with van der Waals surface area (Å²) in [4.78, 5) is 16.2. The lowest BCUT2D eigenvalue weighted by Crippen LogP contribution is -2.33. The molecule has 2 amide bonds. The highest BCUT2D eigenvalue weighted by Crippen LogP contribution is 2.38. The first kappa shape index (κ1) is 18.6. The Bertz CT molecular complexity index is 1080. The molecule has 0 unspecified atom stereocenters. The molecule has 1 aliphatic carbocycles. The fourth-order valence-electron chi connectivity index (χ4n) is 4.81. The summed E-state index contributed by atoms with van der Waals surface area (Å²) in [6.45, 7) is 2.40. The van der Waals surface area contributed by atoms with Crippen LogP contribution in [0.5, 0.6) is 0 Å². The number of amides is 2. The van der Waals surface area contributed by atoms with Gasteiger partial charge in [0.25, 0.3) is 0 Å². The molecule has 2 N–H and O–H groups in total. The largest absolute Gasteiger partial charge is 0.334 e. The van der Waals surface area contributed by atoms with Gasteiger partial charge in [-0.25, -0.2) is 14.8 Å². The van der Waals surface area contributed by atoms with E-state index in [0.717, 1.165) is 40.5 Å². The third-order valence-electron chi connectivity index (χ3n) is 6.44. The highest BCUT2D eigenvalue weighted by Gasteiger charge is 2.37. The molecule has 0 radical (unpaired) electrons. The van der Waals surface area contributed by atoms with Crippen LogP contribution >= 0.6 is 0 Å². The molecule has 1 atom stereocenters. The van der Waals surface area contributed by atoms with Crippen molar-refractivity contribution in [3.8, 4) is 6.07 Å². The van der Waals surface area contributed by atoms with E-state index in [0.29, 0.717) is 18.0 Å². The molecule has 2 aliphatic heterocycles. The van der Waals surface area contributed by atoms with Gasteiger partial charge < -0.3 is 10.6 Å². The van der Waals surface area contributed by atoms with Crippen LogP contribution in [0.4, 0.5) is 16.3 Å². The third kappa shape index (κ3) is 3.28.